The number of nitrogens with zero attached hydrogens (tertiary/aromatic N) is 4. The first kappa shape index (κ1) is 26.4. The van der Waals surface area contributed by atoms with Gasteiger partial charge in [-0.2, -0.15) is 31.4 Å². The number of aromatic nitrogens is 5. The fraction of sp³-hybridized carbons (Fsp3) is 0.320. The minimum Gasteiger partial charge on any atom is -0.383 e. The highest BCUT2D eigenvalue weighted by Gasteiger charge is 2.38. The lowest BCUT2D eigenvalue weighted by Gasteiger charge is -2.21. The highest BCUT2D eigenvalue weighted by atomic mass is 19.4. The topological polar surface area (TPSA) is 141 Å². The van der Waals surface area contributed by atoms with Gasteiger partial charge in [0, 0.05) is 32.0 Å². The molecule has 3 aromatic heterocycles. The first-order valence-electron chi connectivity index (χ1n) is 13.4. The Morgan fingerprint density at radius 1 is 1.17 bits per heavy atom. The summed E-state index contributed by atoms with van der Waals surface area (Å²) in [6.07, 6.45) is -7.40. The van der Waals surface area contributed by atoms with Gasteiger partial charge in [-0.15, -0.1) is 0 Å². The summed E-state index contributed by atoms with van der Waals surface area (Å²) in [7, 11) is -2.88. The van der Waals surface area contributed by atoms with Crippen LogP contribution in [0.15, 0.2) is 46.4 Å². The Morgan fingerprint density at radius 2 is 1.93 bits per heavy atom. The van der Waals surface area contributed by atoms with Gasteiger partial charge < -0.3 is 20.4 Å². The lowest BCUT2D eigenvalue weighted by molar-refractivity contribution is -0.138. The molecular formula is C25H22F7N7O3. The van der Waals surface area contributed by atoms with E-state index < -0.39 is 77.4 Å². The number of halogens is 7. The Kier molecular flexibility index (Phi) is 7.38. The zero-order valence-electron chi connectivity index (χ0n) is 24.1. The standard InChI is InChI=1S/C25H22F7N7O3/c1-42-11-13(36-18-10-35-38-22(40)19(18)25(30,31)32)3-2-5-39-6-4-12-7-15(17(26)8-14(12)23(39)41)21-34-9-16(20(33)37-21)24(27,28)29/h4,6-10,13H,2-3,5,11H2,1H3,(H2,33,34,37)(H2,36,38,40)/t13-/m1/s1/i1D3. The van der Waals surface area contributed by atoms with Crippen LogP contribution in [0.1, 0.15) is 28.1 Å². The average molecular weight is 605 g/mol. The van der Waals surface area contributed by atoms with E-state index in [2.05, 4.69) is 20.4 Å². The van der Waals surface area contributed by atoms with Crippen LogP contribution < -0.4 is 22.2 Å². The summed E-state index contributed by atoms with van der Waals surface area (Å²) in [5.41, 5.74) is -0.707. The van der Waals surface area contributed by atoms with E-state index in [1.165, 1.54) is 22.9 Å². The molecule has 0 unspecified atom stereocenters. The minimum absolute atomic E-state index is 0.0510. The number of benzene rings is 1. The van der Waals surface area contributed by atoms with Gasteiger partial charge >= 0.3 is 12.4 Å². The number of ether oxygens (including phenoxy) is 1. The maximum atomic E-state index is 15.0. The highest BCUT2D eigenvalue weighted by Crippen LogP contribution is 2.34. The van der Waals surface area contributed by atoms with Crippen LogP contribution in [0.25, 0.3) is 22.2 Å². The number of fused-ring (bicyclic) bond motifs is 1. The molecule has 0 bridgehead atoms. The largest absolute Gasteiger partial charge is 0.423 e. The number of aromatic amines is 1. The van der Waals surface area contributed by atoms with Gasteiger partial charge in [0.05, 0.1) is 33.6 Å². The molecule has 0 radical (unpaired) electrons. The van der Waals surface area contributed by atoms with Crippen molar-refractivity contribution in [1.29, 1.82) is 0 Å². The van der Waals surface area contributed by atoms with Gasteiger partial charge in [0.2, 0.25) is 0 Å². The van der Waals surface area contributed by atoms with E-state index in [1.54, 1.807) is 5.10 Å². The molecule has 0 saturated heterocycles. The van der Waals surface area contributed by atoms with Crippen LogP contribution in [0.4, 0.5) is 42.2 Å². The number of H-pyrrole nitrogens is 1. The molecular weight excluding hydrogens is 579 g/mol. The quantitative estimate of drug-likeness (QED) is 0.242. The van der Waals surface area contributed by atoms with Crippen LogP contribution in [-0.4, -0.2) is 44.4 Å². The van der Waals surface area contributed by atoms with Gasteiger partial charge in [-0.05, 0) is 36.4 Å². The first-order valence-corrected chi connectivity index (χ1v) is 11.9. The van der Waals surface area contributed by atoms with E-state index in [9.17, 15) is 35.9 Å². The van der Waals surface area contributed by atoms with Crippen LogP contribution >= 0.6 is 0 Å². The highest BCUT2D eigenvalue weighted by molar-refractivity contribution is 5.86. The third kappa shape index (κ3) is 6.50. The second-order valence-electron chi connectivity index (χ2n) is 9.00. The van der Waals surface area contributed by atoms with E-state index >= 15 is 4.39 Å². The smallest absolute Gasteiger partial charge is 0.383 e. The number of aryl methyl sites for hydroxylation is 1. The second-order valence-corrected chi connectivity index (χ2v) is 9.00. The number of rotatable bonds is 9. The zero-order chi connectivity index (χ0) is 33.3. The third-order valence-electron chi connectivity index (χ3n) is 6.16. The molecule has 0 spiro atoms. The molecule has 10 nitrogen and oxygen atoms in total. The Balaban J connectivity index is 1.55. The number of pyridine rings is 1. The van der Waals surface area contributed by atoms with Crippen LogP contribution in [0.3, 0.4) is 0 Å². The number of nitrogens with one attached hydrogen (secondary N) is 2. The molecule has 4 N–H and O–H groups in total. The van der Waals surface area contributed by atoms with Crippen molar-refractivity contribution in [3.05, 3.63) is 74.4 Å². The predicted octanol–water partition coefficient (Wildman–Crippen LogP) is 4.21. The molecule has 42 heavy (non-hydrogen) atoms. The molecule has 4 aromatic rings. The summed E-state index contributed by atoms with van der Waals surface area (Å²) >= 11 is 0. The normalized spacial score (nSPS) is 14.3. The van der Waals surface area contributed by atoms with Crippen molar-refractivity contribution in [2.45, 2.75) is 37.8 Å². The van der Waals surface area contributed by atoms with Crippen molar-refractivity contribution >= 4 is 22.3 Å². The molecule has 0 aliphatic carbocycles. The fourth-order valence-corrected chi connectivity index (χ4v) is 4.21. The monoisotopic (exact) mass is 604 g/mol. The lowest BCUT2D eigenvalue weighted by Crippen LogP contribution is -2.31. The van der Waals surface area contributed by atoms with E-state index in [0.717, 1.165) is 6.07 Å². The molecule has 0 aliphatic rings. The number of hydrogen-bond acceptors (Lipinski definition) is 8. The SMILES string of the molecule is [2H]C([2H])([2H])OC[C@@H](CCCn1ccc2cc(-c3ncc(C(F)(F)F)c(N)n3)c(F)cc2c1=O)Nc1cn[nH]c(=O)c1C(F)(F)F. The number of nitrogen functional groups attached to an aromatic ring is 1. The van der Waals surface area contributed by atoms with Crippen molar-refractivity contribution in [1.82, 2.24) is 24.7 Å². The van der Waals surface area contributed by atoms with E-state index in [0.29, 0.717) is 12.4 Å². The Hall–Kier alpha value is -4.54. The van der Waals surface area contributed by atoms with Crippen LogP contribution in [0.5, 0.6) is 0 Å². The van der Waals surface area contributed by atoms with Gasteiger partial charge in [-0.1, -0.05) is 0 Å². The third-order valence-corrected chi connectivity index (χ3v) is 6.16. The van der Waals surface area contributed by atoms with Crippen molar-refractivity contribution in [2.24, 2.45) is 0 Å². The summed E-state index contributed by atoms with van der Waals surface area (Å²) in [6.45, 7) is -0.653. The molecule has 17 heteroatoms. The molecule has 224 valence electrons. The number of hydrogen-bond donors (Lipinski definition) is 3. The van der Waals surface area contributed by atoms with E-state index in [4.69, 9.17) is 14.6 Å². The minimum atomic E-state index is -5.06. The molecule has 0 saturated carbocycles. The van der Waals surface area contributed by atoms with Crippen molar-refractivity contribution in [2.75, 3.05) is 24.7 Å². The van der Waals surface area contributed by atoms with Crippen LogP contribution in [0, 0.1) is 5.82 Å². The van der Waals surface area contributed by atoms with E-state index in [1.807, 2.05) is 0 Å². The second kappa shape index (κ2) is 11.8. The molecule has 0 amide bonds. The van der Waals surface area contributed by atoms with Gasteiger partial charge in [0.15, 0.2) is 5.82 Å². The number of alkyl halides is 6. The molecule has 3 heterocycles. The molecule has 0 fully saturated rings. The maximum Gasteiger partial charge on any atom is 0.423 e. The van der Waals surface area contributed by atoms with Crippen molar-refractivity contribution < 1.29 is 39.6 Å². The van der Waals surface area contributed by atoms with Crippen LogP contribution in [-0.2, 0) is 23.6 Å². The summed E-state index contributed by atoms with van der Waals surface area (Å²) < 4.78 is 122. The lowest BCUT2D eigenvalue weighted by atomic mass is 10.1. The van der Waals surface area contributed by atoms with Gasteiger partial charge in [0.1, 0.15) is 22.8 Å². The Morgan fingerprint density at radius 3 is 2.60 bits per heavy atom. The molecule has 0 aliphatic heterocycles. The van der Waals surface area contributed by atoms with Crippen LogP contribution in [0.2, 0.25) is 0 Å². The summed E-state index contributed by atoms with van der Waals surface area (Å²) in [5.74, 6) is -2.37. The Labute approximate surface area is 235 Å². The first-order chi connectivity index (χ1) is 20.8. The summed E-state index contributed by atoms with van der Waals surface area (Å²) in [4.78, 5) is 32.0. The number of methoxy groups -OCH3 is 1. The molecule has 1 atom stereocenters. The summed E-state index contributed by atoms with van der Waals surface area (Å²) in [5, 5.41) is 7.57. The van der Waals surface area contributed by atoms with Crippen molar-refractivity contribution in [3.63, 3.8) is 0 Å². The zero-order valence-corrected chi connectivity index (χ0v) is 21.1. The summed E-state index contributed by atoms with van der Waals surface area (Å²) in [6, 6.07) is 2.35. The number of nitrogens with two attached hydrogens (primary N) is 1. The van der Waals surface area contributed by atoms with Crippen molar-refractivity contribution in [3.8, 4) is 11.4 Å². The predicted molar refractivity (Wildman–Crippen MR) is 137 cm³/mol. The fourth-order valence-electron chi connectivity index (χ4n) is 4.21. The van der Waals surface area contributed by atoms with Gasteiger partial charge in [-0.3, -0.25) is 9.59 Å². The molecule has 4 rings (SSSR count). The molecule has 1 aromatic carbocycles. The average Bonchev–Trinajstić information content (AvgIpc) is 2.91. The Bertz CT molecular complexity index is 1830. The van der Waals surface area contributed by atoms with Gasteiger partial charge in [-0.25, -0.2) is 19.5 Å². The van der Waals surface area contributed by atoms with Gasteiger partial charge in [0.25, 0.3) is 11.1 Å². The number of anilines is 2. The van der Waals surface area contributed by atoms with E-state index in [-0.39, 0.29) is 35.7 Å². The maximum absolute atomic E-state index is 15.0.